The van der Waals surface area contributed by atoms with E-state index in [-0.39, 0.29) is 23.9 Å². The number of amides is 2. The van der Waals surface area contributed by atoms with Gasteiger partial charge in [0.15, 0.2) is 0 Å². The molecule has 6 nitrogen and oxygen atoms in total. The van der Waals surface area contributed by atoms with Gasteiger partial charge in [-0.1, -0.05) is 12.8 Å². The monoisotopic (exact) mass is 413 g/mol. The minimum atomic E-state index is -4.48. The molecule has 1 aromatic carbocycles. The number of hydrogen-bond donors (Lipinski definition) is 1. The van der Waals surface area contributed by atoms with Gasteiger partial charge in [-0.15, -0.1) is 0 Å². The Morgan fingerprint density at radius 2 is 1.83 bits per heavy atom. The van der Waals surface area contributed by atoms with Crippen LogP contribution in [0.2, 0.25) is 0 Å². The van der Waals surface area contributed by atoms with Crippen molar-refractivity contribution in [1.82, 2.24) is 4.90 Å². The molecule has 160 valence electrons. The van der Waals surface area contributed by atoms with Crippen LogP contribution in [0.4, 0.5) is 29.3 Å². The number of rotatable bonds is 2. The van der Waals surface area contributed by atoms with Crippen molar-refractivity contribution >= 4 is 17.4 Å². The van der Waals surface area contributed by atoms with Crippen LogP contribution in [0.5, 0.6) is 0 Å². The molecular formula is C20H26F3N3O3. The second-order valence-corrected chi connectivity index (χ2v) is 7.71. The molecule has 1 N–H and O–H groups in total. The first-order valence-corrected chi connectivity index (χ1v) is 10.2. The van der Waals surface area contributed by atoms with E-state index in [1.165, 1.54) is 6.07 Å². The lowest BCUT2D eigenvalue weighted by molar-refractivity contribution is -0.137. The van der Waals surface area contributed by atoms with Crippen LogP contribution in [0.1, 0.15) is 31.2 Å². The summed E-state index contributed by atoms with van der Waals surface area (Å²) in [6.07, 6.45) is -0.587. The number of benzene rings is 1. The van der Waals surface area contributed by atoms with Gasteiger partial charge in [-0.25, -0.2) is 4.79 Å². The van der Waals surface area contributed by atoms with Crippen molar-refractivity contribution in [3.8, 4) is 0 Å². The highest BCUT2D eigenvalue weighted by Crippen LogP contribution is 2.36. The Labute approximate surface area is 167 Å². The number of nitrogens with zero attached hydrogens (tertiary/aromatic N) is 2. The number of fused-ring (bicyclic) bond motifs is 1. The van der Waals surface area contributed by atoms with Crippen molar-refractivity contribution in [3.63, 3.8) is 0 Å². The van der Waals surface area contributed by atoms with Crippen molar-refractivity contribution in [1.29, 1.82) is 0 Å². The molecule has 4 rings (SSSR count). The molecule has 2 amide bonds. The summed E-state index contributed by atoms with van der Waals surface area (Å²) in [5.74, 6) is 0. The lowest BCUT2D eigenvalue weighted by Gasteiger charge is -2.43. The molecule has 1 aliphatic carbocycles. The minimum absolute atomic E-state index is 0.0171. The van der Waals surface area contributed by atoms with Crippen molar-refractivity contribution < 1.29 is 27.4 Å². The largest absolute Gasteiger partial charge is 0.416 e. The molecule has 29 heavy (non-hydrogen) atoms. The third kappa shape index (κ3) is 4.45. The number of nitrogens with one attached hydrogen (secondary N) is 1. The number of anilines is 2. The summed E-state index contributed by atoms with van der Waals surface area (Å²) < 4.78 is 51.0. The zero-order valence-corrected chi connectivity index (χ0v) is 16.2. The van der Waals surface area contributed by atoms with Crippen LogP contribution in [0, 0.1) is 0 Å². The predicted octanol–water partition coefficient (Wildman–Crippen LogP) is 3.72. The van der Waals surface area contributed by atoms with Crippen molar-refractivity contribution in [2.45, 2.75) is 44.0 Å². The van der Waals surface area contributed by atoms with Crippen LogP contribution < -0.4 is 10.2 Å². The van der Waals surface area contributed by atoms with Gasteiger partial charge in [0.05, 0.1) is 48.9 Å². The van der Waals surface area contributed by atoms with Crippen LogP contribution in [0.3, 0.4) is 0 Å². The van der Waals surface area contributed by atoms with Crippen LogP contribution in [-0.4, -0.2) is 62.5 Å². The van der Waals surface area contributed by atoms with Gasteiger partial charge in [-0.3, -0.25) is 0 Å². The van der Waals surface area contributed by atoms with E-state index in [9.17, 15) is 18.0 Å². The topological polar surface area (TPSA) is 54.0 Å². The van der Waals surface area contributed by atoms with Crippen molar-refractivity contribution in [2.75, 3.05) is 49.7 Å². The molecule has 9 heteroatoms. The quantitative estimate of drug-likeness (QED) is 0.803. The van der Waals surface area contributed by atoms with E-state index >= 15 is 0 Å². The number of urea groups is 1. The first kappa shape index (κ1) is 20.3. The Kier molecular flexibility index (Phi) is 5.87. The third-order valence-corrected chi connectivity index (χ3v) is 5.91. The van der Waals surface area contributed by atoms with Crippen molar-refractivity contribution in [2.24, 2.45) is 0 Å². The maximum atomic E-state index is 13.3. The summed E-state index contributed by atoms with van der Waals surface area (Å²) in [4.78, 5) is 16.7. The number of halogens is 3. The Morgan fingerprint density at radius 3 is 2.59 bits per heavy atom. The van der Waals surface area contributed by atoms with Crippen LogP contribution >= 0.6 is 0 Å². The molecule has 2 atom stereocenters. The van der Waals surface area contributed by atoms with E-state index in [1.54, 1.807) is 4.90 Å². The molecule has 0 aromatic heterocycles. The average molecular weight is 413 g/mol. The lowest BCUT2D eigenvalue weighted by atomic mass is 9.90. The molecule has 1 saturated carbocycles. The average Bonchev–Trinajstić information content (AvgIpc) is 2.73. The molecule has 0 bridgehead atoms. The Bertz CT molecular complexity index is 735. The van der Waals surface area contributed by atoms with E-state index in [0.29, 0.717) is 45.1 Å². The molecule has 0 spiro atoms. The third-order valence-electron chi connectivity index (χ3n) is 5.91. The fraction of sp³-hybridized carbons (Fsp3) is 0.650. The molecule has 2 heterocycles. The number of ether oxygens (including phenoxy) is 2. The molecule has 2 aliphatic heterocycles. The molecular weight excluding hydrogens is 387 g/mol. The fourth-order valence-electron chi connectivity index (χ4n) is 4.43. The highest BCUT2D eigenvalue weighted by Gasteiger charge is 2.37. The van der Waals surface area contributed by atoms with Gasteiger partial charge in [0.25, 0.3) is 0 Å². The zero-order valence-electron chi connectivity index (χ0n) is 16.2. The van der Waals surface area contributed by atoms with E-state index < -0.39 is 11.7 Å². The van der Waals surface area contributed by atoms with Gasteiger partial charge in [0, 0.05) is 19.6 Å². The van der Waals surface area contributed by atoms with Crippen LogP contribution in [0.15, 0.2) is 18.2 Å². The number of hydrogen-bond acceptors (Lipinski definition) is 4. The first-order valence-electron chi connectivity index (χ1n) is 10.2. The van der Waals surface area contributed by atoms with Gasteiger partial charge in [0.1, 0.15) is 0 Å². The van der Waals surface area contributed by atoms with Gasteiger partial charge < -0.3 is 24.6 Å². The van der Waals surface area contributed by atoms with E-state index in [1.807, 2.05) is 4.90 Å². The Balaban J connectivity index is 1.59. The Hall–Kier alpha value is -2.00. The highest BCUT2D eigenvalue weighted by molar-refractivity contribution is 5.93. The van der Waals surface area contributed by atoms with Gasteiger partial charge >= 0.3 is 12.2 Å². The SMILES string of the molecule is O=C(Nc1cc(C(F)(F)F)ccc1N1CCOCC1)N1CCO[C@@H]2CCCC[C@@H]21. The van der Waals surface area contributed by atoms with E-state index in [2.05, 4.69) is 5.32 Å². The van der Waals surface area contributed by atoms with Gasteiger partial charge in [0.2, 0.25) is 0 Å². The minimum Gasteiger partial charge on any atom is -0.378 e. The molecule has 2 saturated heterocycles. The first-order chi connectivity index (χ1) is 13.9. The molecule has 0 unspecified atom stereocenters. The second-order valence-electron chi connectivity index (χ2n) is 7.71. The summed E-state index contributed by atoms with van der Waals surface area (Å²) in [6.45, 7) is 3.03. The Morgan fingerprint density at radius 1 is 1.07 bits per heavy atom. The summed E-state index contributed by atoms with van der Waals surface area (Å²) in [5, 5.41) is 2.77. The van der Waals surface area contributed by atoms with Crippen molar-refractivity contribution in [3.05, 3.63) is 23.8 Å². The highest BCUT2D eigenvalue weighted by atomic mass is 19.4. The lowest BCUT2D eigenvalue weighted by Crippen LogP contribution is -2.56. The van der Waals surface area contributed by atoms with E-state index in [4.69, 9.17) is 9.47 Å². The number of alkyl halides is 3. The van der Waals surface area contributed by atoms with Crippen LogP contribution in [0.25, 0.3) is 0 Å². The molecule has 1 aromatic rings. The fourth-order valence-corrected chi connectivity index (χ4v) is 4.43. The van der Waals surface area contributed by atoms with Crippen LogP contribution in [-0.2, 0) is 15.7 Å². The van der Waals surface area contributed by atoms with Gasteiger partial charge in [-0.05, 0) is 31.0 Å². The summed E-state index contributed by atoms with van der Waals surface area (Å²) in [7, 11) is 0. The number of carbonyl (C=O) groups excluding carboxylic acids is 1. The van der Waals surface area contributed by atoms with Gasteiger partial charge in [-0.2, -0.15) is 13.2 Å². The molecule has 3 aliphatic rings. The predicted molar refractivity (Wildman–Crippen MR) is 102 cm³/mol. The molecule has 0 radical (unpaired) electrons. The molecule has 3 fully saturated rings. The second kappa shape index (κ2) is 8.39. The summed E-state index contributed by atoms with van der Waals surface area (Å²) in [5.41, 5.74) is -0.00369. The standard InChI is InChI=1S/C20H26F3N3O3/c21-20(22,23)14-5-6-16(25-7-10-28-11-8-25)15(13-14)24-19(27)26-9-12-29-18-4-2-1-3-17(18)26/h5-6,13,17-18H,1-4,7-12H2,(H,24,27)/t17-,18+/m0/s1. The summed E-state index contributed by atoms with van der Waals surface area (Å²) in [6, 6.07) is 3.15. The zero-order chi connectivity index (χ0) is 20.4. The summed E-state index contributed by atoms with van der Waals surface area (Å²) >= 11 is 0. The maximum absolute atomic E-state index is 13.3. The smallest absolute Gasteiger partial charge is 0.378 e. The maximum Gasteiger partial charge on any atom is 0.416 e. The number of carbonyl (C=O) groups is 1. The normalized spacial score (nSPS) is 25.5. The van der Waals surface area contributed by atoms with E-state index in [0.717, 1.165) is 37.8 Å². The number of morpholine rings is 2.